The highest BCUT2D eigenvalue weighted by Crippen LogP contribution is 2.03. The van der Waals surface area contributed by atoms with Crippen molar-refractivity contribution in [3.05, 3.63) is 0 Å². The fraction of sp³-hybridized carbons (Fsp3) is 1.00. The molecule has 0 aromatic carbocycles. The highest BCUT2D eigenvalue weighted by Gasteiger charge is 2.04. The van der Waals surface area contributed by atoms with Crippen LogP contribution in [0, 0.1) is 0 Å². The third-order valence-electron chi connectivity index (χ3n) is 2.08. The Labute approximate surface area is 76.4 Å². The standard InChI is InChI=1S/C10H23NO/c1-4-5-6-7-9(2)11-10(3)8-12/h9-12H,4-8H2,1-3H3. The van der Waals surface area contributed by atoms with E-state index in [4.69, 9.17) is 5.11 Å². The van der Waals surface area contributed by atoms with Crippen molar-refractivity contribution in [2.75, 3.05) is 6.61 Å². The van der Waals surface area contributed by atoms with Crippen molar-refractivity contribution in [3.8, 4) is 0 Å². The largest absolute Gasteiger partial charge is 0.395 e. The summed E-state index contributed by atoms with van der Waals surface area (Å²) in [6.45, 7) is 6.64. The molecule has 0 heterocycles. The maximum absolute atomic E-state index is 8.79. The zero-order chi connectivity index (χ0) is 9.40. The molecule has 0 aromatic rings. The van der Waals surface area contributed by atoms with Crippen LogP contribution in [-0.2, 0) is 0 Å². The molecule has 0 radical (unpaired) electrons. The van der Waals surface area contributed by atoms with Crippen molar-refractivity contribution in [3.63, 3.8) is 0 Å². The Morgan fingerprint density at radius 2 is 1.83 bits per heavy atom. The van der Waals surface area contributed by atoms with Crippen molar-refractivity contribution < 1.29 is 5.11 Å². The monoisotopic (exact) mass is 173 g/mol. The summed E-state index contributed by atoms with van der Waals surface area (Å²) >= 11 is 0. The predicted octanol–water partition coefficient (Wildman–Crippen LogP) is 1.93. The second kappa shape index (κ2) is 7.56. The van der Waals surface area contributed by atoms with Gasteiger partial charge in [-0.25, -0.2) is 0 Å². The summed E-state index contributed by atoms with van der Waals surface area (Å²) < 4.78 is 0. The lowest BCUT2D eigenvalue weighted by Gasteiger charge is -2.17. The van der Waals surface area contributed by atoms with E-state index in [1.54, 1.807) is 0 Å². The molecule has 0 bridgehead atoms. The summed E-state index contributed by atoms with van der Waals surface area (Å²) in [6.07, 6.45) is 5.11. The van der Waals surface area contributed by atoms with Gasteiger partial charge in [-0.15, -0.1) is 0 Å². The zero-order valence-electron chi connectivity index (χ0n) is 8.64. The van der Waals surface area contributed by atoms with Crippen LogP contribution in [0.25, 0.3) is 0 Å². The lowest BCUT2D eigenvalue weighted by atomic mass is 10.1. The molecule has 12 heavy (non-hydrogen) atoms. The number of hydrogen-bond acceptors (Lipinski definition) is 2. The molecule has 2 atom stereocenters. The van der Waals surface area contributed by atoms with Gasteiger partial charge in [-0.2, -0.15) is 0 Å². The third-order valence-corrected chi connectivity index (χ3v) is 2.08. The summed E-state index contributed by atoms with van der Waals surface area (Å²) in [7, 11) is 0. The van der Waals surface area contributed by atoms with Gasteiger partial charge in [0.2, 0.25) is 0 Å². The number of aliphatic hydroxyl groups excluding tert-OH is 1. The van der Waals surface area contributed by atoms with Crippen LogP contribution < -0.4 is 5.32 Å². The Balaban J connectivity index is 3.26. The van der Waals surface area contributed by atoms with Crippen molar-refractivity contribution in [2.24, 2.45) is 0 Å². The normalized spacial score (nSPS) is 16.0. The van der Waals surface area contributed by atoms with Crippen LogP contribution in [0.2, 0.25) is 0 Å². The summed E-state index contributed by atoms with van der Waals surface area (Å²) in [6, 6.07) is 0.778. The quantitative estimate of drug-likeness (QED) is 0.577. The van der Waals surface area contributed by atoms with E-state index in [-0.39, 0.29) is 12.6 Å². The average molecular weight is 173 g/mol. The molecule has 0 aliphatic carbocycles. The van der Waals surface area contributed by atoms with E-state index < -0.39 is 0 Å². The van der Waals surface area contributed by atoms with Crippen molar-refractivity contribution in [1.29, 1.82) is 0 Å². The molecular formula is C10H23NO. The first-order valence-electron chi connectivity index (χ1n) is 5.07. The minimum Gasteiger partial charge on any atom is -0.395 e. The molecule has 0 saturated heterocycles. The molecule has 74 valence electrons. The fourth-order valence-corrected chi connectivity index (χ4v) is 1.32. The topological polar surface area (TPSA) is 32.3 Å². The summed E-state index contributed by atoms with van der Waals surface area (Å²) in [5.41, 5.74) is 0. The van der Waals surface area contributed by atoms with Gasteiger partial charge in [-0.05, 0) is 20.3 Å². The summed E-state index contributed by atoms with van der Waals surface area (Å²) in [5, 5.41) is 12.1. The first-order valence-corrected chi connectivity index (χ1v) is 5.07. The van der Waals surface area contributed by atoms with E-state index in [0.29, 0.717) is 6.04 Å². The Kier molecular flexibility index (Phi) is 7.51. The lowest BCUT2D eigenvalue weighted by Crippen LogP contribution is -2.36. The predicted molar refractivity (Wildman–Crippen MR) is 53.3 cm³/mol. The Morgan fingerprint density at radius 3 is 2.33 bits per heavy atom. The molecule has 2 heteroatoms. The van der Waals surface area contributed by atoms with Crippen LogP contribution in [-0.4, -0.2) is 23.8 Å². The van der Waals surface area contributed by atoms with Crippen molar-refractivity contribution in [1.82, 2.24) is 5.32 Å². The van der Waals surface area contributed by atoms with E-state index in [1.807, 2.05) is 6.92 Å². The molecule has 2 nitrogen and oxygen atoms in total. The van der Waals surface area contributed by atoms with E-state index in [1.165, 1.54) is 25.7 Å². The molecule has 0 spiro atoms. The number of nitrogens with one attached hydrogen (secondary N) is 1. The molecule has 0 amide bonds. The molecule has 2 unspecified atom stereocenters. The molecule has 0 aliphatic heterocycles. The molecule has 0 rings (SSSR count). The van der Waals surface area contributed by atoms with Crippen LogP contribution in [0.5, 0.6) is 0 Å². The molecule has 0 fully saturated rings. The maximum Gasteiger partial charge on any atom is 0.0582 e. The van der Waals surface area contributed by atoms with Gasteiger partial charge in [0.15, 0.2) is 0 Å². The van der Waals surface area contributed by atoms with Gasteiger partial charge < -0.3 is 10.4 Å². The Bertz CT molecular complexity index is 95.8. The smallest absolute Gasteiger partial charge is 0.0582 e. The molecular weight excluding hydrogens is 150 g/mol. The fourth-order valence-electron chi connectivity index (χ4n) is 1.32. The molecule has 0 saturated carbocycles. The highest BCUT2D eigenvalue weighted by atomic mass is 16.3. The third kappa shape index (κ3) is 6.62. The second-order valence-corrected chi connectivity index (χ2v) is 3.65. The zero-order valence-corrected chi connectivity index (χ0v) is 8.64. The van der Waals surface area contributed by atoms with E-state index >= 15 is 0 Å². The lowest BCUT2D eigenvalue weighted by molar-refractivity contribution is 0.240. The van der Waals surface area contributed by atoms with Gasteiger partial charge >= 0.3 is 0 Å². The maximum atomic E-state index is 8.79. The van der Waals surface area contributed by atoms with Crippen molar-refractivity contribution in [2.45, 2.75) is 58.5 Å². The summed E-state index contributed by atoms with van der Waals surface area (Å²) in [4.78, 5) is 0. The minimum atomic E-state index is 0.234. The number of aliphatic hydroxyl groups is 1. The molecule has 2 N–H and O–H groups in total. The number of unbranched alkanes of at least 4 members (excludes halogenated alkanes) is 2. The van der Waals surface area contributed by atoms with Gasteiger partial charge in [0, 0.05) is 12.1 Å². The van der Waals surface area contributed by atoms with E-state index in [9.17, 15) is 0 Å². The van der Waals surface area contributed by atoms with Gasteiger partial charge in [-0.3, -0.25) is 0 Å². The van der Waals surface area contributed by atoms with Crippen LogP contribution >= 0.6 is 0 Å². The highest BCUT2D eigenvalue weighted by molar-refractivity contribution is 4.66. The van der Waals surface area contributed by atoms with E-state index in [0.717, 1.165) is 0 Å². The minimum absolute atomic E-state index is 0.234. The Hall–Kier alpha value is -0.0800. The van der Waals surface area contributed by atoms with Gasteiger partial charge in [0.05, 0.1) is 6.61 Å². The van der Waals surface area contributed by atoms with Gasteiger partial charge in [0.1, 0.15) is 0 Å². The van der Waals surface area contributed by atoms with Crippen LogP contribution in [0.1, 0.15) is 46.5 Å². The molecule has 0 aromatic heterocycles. The van der Waals surface area contributed by atoms with Crippen LogP contribution in [0.15, 0.2) is 0 Å². The number of hydrogen-bond donors (Lipinski definition) is 2. The first kappa shape index (κ1) is 11.9. The average Bonchev–Trinajstić information content (AvgIpc) is 2.05. The Morgan fingerprint density at radius 1 is 1.17 bits per heavy atom. The first-order chi connectivity index (χ1) is 5.70. The van der Waals surface area contributed by atoms with Gasteiger partial charge in [-0.1, -0.05) is 26.2 Å². The van der Waals surface area contributed by atoms with E-state index in [2.05, 4.69) is 19.2 Å². The molecule has 0 aliphatic rings. The SMILES string of the molecule is CCCCCC(C)NC(C)CO. The number of rotatable bonds is 7. The van der Waals surface area contributed by atoms with Gasteiger partial charge in [0.25, 0.3) is 0 Å². The second-order valence-electron chi connectivity index (χ2n) is 3.65. The van der Waals surface area contributed by atoms with Crippen LogP contribution in [0.3, 0.4) is 0 Å². The van der Waals surface area contributed by atoms with Crippen molar-refractivity contribution >= 4 is 0 Å². The summed E-state index contributed by atoms with van der Waals surface area (Å²) in [5.74, 6) is 0. The van der Waals surface area contributed by atoms with Crippen LogP contribution in [0.4, 0.5) is 0 Å².